The van der Waals surface area contributed by atoms with Crippen molar-refractivity contribution in [3.8, 4) is 0 Å². The molecule has 0 radical (unpaired) electrons. The minimum atomic E-state index is -4.29. The Balaban J connectivity index is 2.33. The van der Waals surface area contributed by atoms with Gasteiger partial charge in [0, 0.05) is 12.2 Å². The van der Waals surface area contributed by atoms with E-state index in [2.05, 4.69) is 12.2 Å². The smallest absolute Gasteiger partial charge is 0.385 e. The molecule has 0 aliphatic heterocycles. The Hall–Kier alpha value is -1.19. The van der Waals surface area contributed by atoms with Crippen molar-refractivity contribution in [1.82, 2.24) is 0 Å². The fourth-order valence-corrected chi connectivity index (χ4v) is 2.01. The normalized spacial score (nSPS) is 11.6. The molecule has 0 amide bonds. The van der Waals surface area contributed by atoms with Gasteiger partial charge in [0.25, 0.3) is 0 Å². The van der Waals surface area contributed by atoms with E-state index < -0.39 is 11.7 Å². The van der Waals surface area contributed by atoms with Crippen molar-refractivity contribution in [3.63, 3.8) is 0 Å². The summed E-state index contributed by atoms with van der Waals surface area (Å²) in [6, 6.07) is 5.64. The first-order chi connectivity index (χ1) is 9.05. The molecule has 0 aliphatic carbocycles. The van der Waals surface area contributed by atoms with Gasteiger partial charge in [-0.1, -0.05) is 51.2 Å². The molecule has 0 aliphatic rings. The largest absolute Gasteiger partial charge is 0.418 e. The maximum atomic E-state index is 12.7. The highest BCUT2D eigenvalue weighted by Gasteiger charge is 2.32. The van der Waals surface area contributed by atoms with Gasteiger partial charge in [0.1, 0.15) is 0 Å². The van der Waals surface area contributed by atoms with Gasteiger partial charge >= 0.3 is 6.18 Å². The van der Waals surface area contributed by atoms with Gasteiger partial charge in [-0.15, -0.1) is 0 Å². The number of rotatable bonds is 8. The van der Waals surface area contributed by atoms with E-state index in [0.29, 0.717) is 6.54 Å². The molecule has 0 saturated heterocycles. The summed E-state index contributed by atoms with van der Waals surface area (Å²) < 4.78 is 38.2. The molecule has 0 saturated carbocycles. The fraction of sp³-hybridized carbons (Fsp3) is 0.600. The molecule has 0 unspecified atom stereocenters. The minimum Gasteiger partial charge on any atom is -0.385 e. The Kier molecular flexibility index (Phi) is 6.74. The van der Waals surface area contributed by atoms with Crippen molar-refractivity contribution in [3.05, 3.63) is 29.8 Å². The molecule has 108 valence electrons. The lowest BCUT2D eigenvalue weighted by Crippen LogP contribution is -2.11. The van der Waals surface area contributed by atoms with E-state index in [4.69, 9.17) is 0 Å². The molecule has 1 N–H and O–H groups in total. The van der Waals surface area contributed by atoms with Crippen LogP contribution < -0.4 is 5.32 Å². The average Bonchev–Trinajstić information content (AvgIpc) is 2.37. The summed E-state index contributed by atoms with van der Waals surface area (Å²) in [6.45, 7) is 2.76. The summed E-state index contributed by atoms with van der Waals surface area (Å²) in [4.78, 5) is 0. The van der Waals surface area contributed by atoms with Crippen LogP contribution in [0.3, 0.4) is 0 Å². The molecule has 0 heterocycles. The predicted octanol–water partition coefficient (Wildman–Crippen LogP) is 5.48. The molecular weight excluding hydrogens is 251 g/mol. The SMILES string of the molecule is CCCCCCCCNc1ccccc1C(F)(F)F. The third kappa shape index (κ3) is 5.99. The zero-order valence-electron chi connectivity index (χ0n) is 11.4. The highest BCUT2D eigenvalue weighted by molar-refractivity contribution is 5.52. The molecule has 0 bridgehead atoms. The van der Waals surface area contributed by atoms with E-state index >= 15 is 0 Å². The highest BCUT2D eigenvalue weighted by Crippen LogP contribution is 2.34. The van der Waals surface area contributed by atoms with Crippen molar-refractivity contribution in [2.24, 2.45) is 0 Å². The summed E-state index contributed by atoms with van der Waals surface area (Å²) in [5.41, 5.74) is -0.399. The van der Waals surface area contributed by atoms with Crippen LogP contribution in [-0.2, 0) is 6.18 Å². The predicted molar refractivity (Wildman–Crippen MR) is 73.3 cm³/mol. The van der Waals surface area contributed by atoms with Crippen LogP contribution in [0.1, 0.15) is 51.0 Å². The van der Waals surface area contributed by atoms with Crippen molar-refractivity contribution >= 4 is 5.69 Å². The fourth-order valence-electron chi connectivity index (χ4n) is 2.01. The monoisotopic (exact) mass is 273 g/mol. The standard InChI is InChI=1S/C15H22F3N/c1-2-3-4-5-6-9-12-19-14-11-8-7-10-13(14)15(16,17)18/h7-8,10-11,19H,2-6,9,12H2,1H3. The van der Waals surface area contributed by atoms with Crippen molar-refractivity contribution in [1.29, 1.82) is 0 Å². The van der Waals surface area contributed by atoms with E-state index in [1.165, 1.54) is 31.4 Å². The highest BCUT2D eigenvalue weighted by atomic mass is 19.4. The van der Waals surface area contributed by atoms with Gasteiger partial charge in [-0.25, -0.2) is 0 Å². The minimum absolute atomic E-state index is 0.184. The topological polar surface area (TPSA) is 12.0 Å². The van der Waals surface area contributed by atoms with Crippen molar-refractivity contribution in [2.75, 3.05) is 11.9 Å². The van der Waals surface area contributed by atoms with Crippen LogP contribution in [0.15, 0.2) is 24.3 Å². The Morgan fingerprint density at radius 3 is 2.26 bits per heavy atom. The maximum Gasteiger partial charge on any atom is 0.418 e. The first-order valence-corrected chi connectivity index (χ1v) is 6.95. The Morgan fingerprint density at radius 1 is 0.947 bits per heavy atom. The van der Waals surface area contributed by atoms with Gasteiger partial charge in [0.2, 0.25) is 0 Å². The van der Waals surface area contributed by atoms with E-state index in [0.717, 1.165) is 25.3 Å². The lowest BCUT2D eigenvalue weighted by Gasteiger charge is -2.14. The number of benzene rings is 1. The quantitative estimate of drug-likeness (QED) is 0.618. The lowest BCUT2D eigenvalue weighted by atomic mass is 10.1. The number of anilines is 1. The zero-order chi connectivity index (χ0) is 14.1. The first kappa shape index (κ1) is 15.9. The second-order valence-electron chi connectivity index (χ2n) is 4.74. The molecule has 0 fully saturated rings. The van der Waals surface area contributed by atoms with Crippen LogP contribution in [0, 0.1) is 0 Å². The second-order valence-corrected chi connectivity index (χ2v) is 4.74. The molecule has 19 heavy (non-hydrogen) atoms. The molecule has 1 aromatic rings. The number of nitrogens with one attached hydrogen (secondary N) is 1. The average molecular weight is 273 g/mol. The van der Waals surface area contributed by atoms with Crippen LogP contribution in [0.2, 0.25) is 0 Å². The summed E-state index contributed by atoms with van der Waals surface area (Å²) in [5.74, 6) is 0. The van der Waals surface area contributed by atoms with Crippen LogP contribution in [0.5, 0.6) is 0 Å². The maximum absolute atomic E-state index is 12.7. The third-order valence-corrected chi connectivity index (χ3v) is 3.08. The van der Waals surface area contributed by atoms with Crippen molar-refractivity contribution in [2.45, 2.75) is 51.6 Å². The molecule has 1 nitrogen and oxygen atoms in total. The van der Waals surface area contributed by atoms with Crippen LogP contribution in [0.25, 0.3) is 0 Å². The number of hydrogen-bond donors (Lipinski definition) is 1. The number of hydrogen-bond acceptors (Lipinski definition) is 1. The molecule has 4 heteroatoms. The summed E-state index contributed by atoms with van der Waals surface area (Å²) in [6.07, 6.45) is 2.52. The molecule has 0 atom stereocenters. The zero-order valence-corrected chi connectivity index (χ0v) is 11.4. The third-order valence-electron chi connectivity index (χ3n) is 3.08. The van der Waals surface area contributed by atoms with Crippen LogP contribution >= 0.6 is 0 Å². The second kappa shape index (κ2) is 8.08. The van der Waals surface area contributed by atoms with Gasteiger partial charge in [0.05, 0.1) is 5.56 Å². The lowest BCUT2D eigenvalue weighted by molar-refractivity contribution is -0.136. The Bertz CT molecular complexity index is 361. The van der Waals surface area contributed by atoms with Gasteiger partial charge < -0.3 is 5.32 Å². The van der Waals surface area contributed by atoms with Gasteiger partial charge in [0.15, 0.2) is 0 Å². The number of halogens is 3. The summed E-state index contributed by atoms with van der Waals surface area (Å²) in [7, 11) is 0. The molecule has 1 aromatic carbocycles. The number of unbranched alkanes of at least 4 members (excludes halogenated alkanes) is 5. The number of para-hydroxylation sites is 1. The van der Waals surface area contributed by atoms with E-state index in [1.54, 1.807) is 6.07 Å². The van der Waals surface area contributed by atoms with Gasteiger partial charge in [-0.2, -0.15) is 13.2 Å². The summed E-state index contributed by atoms with van der Waals surface area (Å²) >= 11 is 0. The van der Waals surface area contributed by atoms with Crippen LogP contribution in [-0.4, -0.2) is 6.54 Å². The van der Waals surface area contributed by atoms with Gasteiger partial charge in [-0.3, -0.25) is 0 Å². The van der Waals surface area contributed by atoms with Crippen LogP contribution in [0.4, 0.5) is 18.9 Å². The van der Waals surface area contributed by atoms with Gasteiger partial charge in [-0.05, 0) is 18.6 Å². The van der Waals surface area contributed by atoms with E-state index in [1.807, 2.05) is 0 Å². The molecular formula is C15H22F3N. The Morgan fingerprint density at radius 2 is 1.58 bits per heavy atom. The molecule has 1 rings (SSSR count). The van der Waals surface area contributed by atoms with E-state index in [-0.39, 0.29) is 5.69 Å². The van der Waals surface area contributed by atoms with E-state index in [9.17, 15) is 13.2 Å². The molecule has 0 aromatic heterocycles. The molecule has 0 spiro atoms. The summed E-state index contributed by atoms with van der Waals surface area (Å²) in [5, 5.41) is 2.89. The first-order valence-electron chi connectivity index (χ1n) is 6.95. The Labute approximate surface area is 113 Å². The van der Waals surface area contributed by atoms with Crippen molar-refractivity contribution < 1.29 is 13.2 Å². The number of alkyl halides is 3.